The molecule has 0 amide bonds. The Morgan fingerprint density at radius 3 is 2.38 bits per heavy atom. The second-order valence-corrected chi connectivity index (χ2v) is 3.03. The number of benzene rings is 1. The first-order valence-electron chi connectivity index (χ1n) is 4.10. The fourth-order valence-corrected chi connectivity index (χ4v) is 1.11. The molecule has 0 atom stereocenters. The number of hydrogen-bond donors (Lipinski definition) is 1. The first kappa shape index (κ1) is 12.0. The topological polar surface area (TPSA) is 49.8 Å². The predicted molar refractivity (Wildman–Crippen MR) is 58.1 cm³/mol. The van der Waals surface area contributed by atoms with Gasteiger partial charge in [0.1, 0.15) is 5.40 Å². The average Bonchev–Trinajstić information content (AvgIpc) is 2.18. The summed E-state index contributed by atoms with van der Waals surface area (Å²) in [6, 6.07) is 9.97. The van der Waals surface area contributed by atoms with Crippen molar-refractivity contribution in [3.8, 4) is 5.40 Å². The van der Waals surface area contributed by atoms with Crippen LogP contribution < -0.4 is 5.73 Å². The molecule has 1 aromatic rings. The second kappa shape index (κ2) is 9.11. The predicted octanol–water partition coefficient (Wildman–Crippen LogP) is 2.37. The molecule has 70 valence electrons. The van der Waals surface area contributed by atoms with E-state index in [9.17, 15) is 0 Å². The summed E-state index contributed by atoms with van der Waals surface area (Å²) in [6.07, 6.45) is 0. The number of nitrogens with zero attached hydrogens (tertiary/aromatic N) is 1. The summed E-state index contributed by atoms with van der Waals surface area (Å²) < 4.78 is 0. The molecule has 0 aromatic heterocycles. The fraction of sp³-hybridized carbons (Fsp3) is 0.300. The van der Waals surface area contributed by atoms with Gasteiger partial charge in [0.25, 0.3) is 0 Å². The molecule has 0 spiro atoms. The van der Waals surface area contributed by atoms with Crippen molar-refractivity contribution in [2.24, 2.45) is 5.73 Å². The minimum atomic E-state index is 0.750. The molecule has 2 nitrogen and oxygen atoms in total. The highest BCUT2D eigenvalue weighted by Crippen LogP contribution is 2.08. The number of nitrogens with two attached hydrogens (primary N) is 1. The molecule has 1 rings (SSSR count). The summed E-state index contributed by atoms with van der Waals surface area (Å²) in [5.74, 6) is 0.789. The van der Waals surface area contributed by atoms with Gasteiger partial charge >= 0.3 is 0 Å². The Hall–Kier alpha value is -0.980. The molecular formula is C10H14N2S. The number of thioether (sulfide) groups is 1. The molecule has 0 saturated carbocycles. The van der Waals surface area contributed by atoms with Crippen LogP contribution in [0.2, 0.25) is 0 Å². The number of thiocyanates is 1. The highest BCUT2D eigenvalue weighted by Gasteiger charge is 1.88. The summed E-state index contributed by atoms with van der Waals surface area (Å²) in [6.45, 7) is 2.65. The number of rotatable bonds is 2. The summed E-state index contributed by atoms with van der Waals surface area (Å²) in [7, 11) is 0. The van der Waals surface area contributed by atoms with Crippen LogP contribution in [0, 0.1) is 10.7 Å². The van der Waals surface area contributed by atoms with E-state index in [4.69, 9.17) is 11.0 Å². The van der Waals surface area contributed by atoms with Crippen molar-refractivity contribution in [2.45, 2.75) is 12.7 Å². The maximum Gasteiger partial charge on any atom is 0.133 e. The Morgan fingerprint density at radius 2 is 1.92 bits per heavy atom. The highest BCUT2D eigenvalue weighted by atomic mass is 32.2. The lowest BCUT2D eigenvalue weighted by Gasteiger charge is -1.92. The molecule has 13 heavy (non-hydrogen) atoms. The van der Waals surface area contributed by atoms with Crippen LogP contribution in [0.5, 0.6) is 0 Å². The largest absolute Gasteiger partial charge is 0.331 e. The van der Waals surface area contributed by atoms with Crippen molar-refractivity contribution in [1.29, 1.82) is 5.26 Å². The van der Waals surface area contributed by atoms with Gasteiger partial charge in [-0.3, -0.25) is 0 Å². The monoisotopic (exact) mass is 194 g/mol. The first-order valence-corrected chi connectivity index (χ1v) is 5.08. The van der Waals surface area contributed by atoms with Crippen molar-refractivity contribution < 1.29 is 0 Å². The molecule has 0 fully saturated rings. The third-order valence-electron chi connectivity index (χ3n) is 1.15. The van der Waals surface area contributed by atoms with Crippen molar-refractivity contribution in [2.75, 3.05) is 6.54 Å². The van der Waals surface area contributed by atoms with Gasteiger partial charge in [0.2, 0.25) is 0 Å². The van der Waals surface area contributed by atoms with Crippen LogP contribution in [-0.2, 0) is 5.75 Å². The van der Waals surface area contributed by atoms with E-state index in [1.54, 1.807) is 0 Å². The summed E-state index contributed by atoms with van der Waals surface area (Å²) >= 11 is 1.27. The summed E-state index contributed by atoms with van der Waals surface area (Å²) in [4.78, 5) is 0. The molecule has 0 bridgehead atoms. The quantitative estimate of drug-likeness (QED) is 0.735. The summed E-state index contributed by atoms with van der Waals surface area (Å²) in [5, 5.41) is 10.3. The second-order valence-electron chi connectivity index (χ2n) is 2.27. The lowest BCUT2D eigenvalue weighted by atomic mass is 10.2. The van der Waals surface area contributed by atoms with E-state index in [0.717, 1.165) is 12.3 Å². The van der Waals surface area contributed by atoms with Crippen LogP contribution >= 0.6 is 11.8 Å². The summed E-state index contributed by atoms with van der Waals surface area (Å²) in [5.41, 5.74) is 6.05. The van der Waals surface area contributed by atoms with Crippen LogP contribution in [0.15, 0.2) is 30.3 Å². The van der Waals surface area contributed by atoms with Crippen molar-refractivity contribution in [3.05, 3.63) is 35.9 Å². The van der Waals surface area contributed by atoms with E-state index in [2.05, 4.69) is 0 Å². The SMILES string of the molecule is CCN.N#CSCc1ccccc1. The van der Waals surface area contributed by atoms with E-state index in [-0.39, 0.29) is 0 Å². The molecule has 1 aromatic carbocycles. The maximum absolute atomic E-state index is 8.24. The minimum absolute atomic E-state index is 0.750. The van der Waals surface area contributed by atoms with Gasteiger partial charge in [-0.15, -0.1) is 0 Å². The molecule has 0 saturated heterocycles. The van der Waals surface area contributed by atoms with Gasteiger partial charge < -0.3 is 5.73 Å². The van der Waals surface area contributed by atoms with Gasteiger partial charge in [-0.25, -0.2) is 0 Å². The van der Waals surface area contributed by atoms with Gasteiger partial charge in [0.05, 0.1) is 0 Å². The van der Waals surface area contributed by atoms with Gasteiger partial charge in [0.15, 0.2) is 0 Å². The van der Waals surface area contributed by atoms with E-state index in [0.29, 0.717) is 0 Å². The lowest BCUT2D eigenvalue weighted by Crippen LogP contribution is -1.87. The first-order chi connectivity index (χ1) is 6.35. The third-order valence-corrected chi connectivity index (χ3v) is 1.75. The fourth-order valence-electron chi connectivity index (χ4n) is 0.690. The Balaban J connectivity index is 0.000000424. The zero-order valence-corrected chi connectivity index (χ0v) is 8.55. The maximum atomic E-state index is 8.24. The van der Waals surface area contributed by atoms with Crippen LogP contribution in [0.25, 0.3) is 0 Å². The van der Waals surface area contributed by atoms with E-state index < -0.39 is 0 Å². The molecule has 0 radical (unpaired) electrons. The Kier molecular flexibility index (Phi) is 8.42. The third kappa shape index (κ3) is 7.38. The van der Waals surface area contributed by atoms with Crippen LogP contribution in [0.1, 0.15) is 12.5 Å². The molecule has 3 heteroatoms. The number of hydrogen-bond acceptors (Lipinski definition) is 3. The van der Waals surface area contributed by atoms with Gasteiger partial charge in [-0.1, -0.05) is 37.3 Å². The Labute approximate surface area is 83.8 Å². The Morgan fingerprint density at radius 1 is 1.38 bits per heavy atom. The van der Waals surface area contributed by atoms with E-state index in [1.807, 2.05) is 42.7 Å². The van der Waals surface area contributed by atoms with Crippen LogP contribution in [0.4, 0.5) is 0 Å². The molecule has 0 aliphatic rings. The van der Waals surface area contributed by atoms with Crippen molar-refractivity contribution in [1.82, 2.24) is 0 Å². The molecule has 0 aliphatic heterocycles. The number of nitriles is 1. The average molecular weight is 194 g/mol. The molecule has 2 N–H and O–H groups in total. The highest BCUT2D eigenvalue weighted by molar-refractivity contribution is 8.02. The van der Waals surface area contributed by atoms with E-state index >= 15 is 0 Å². The van der Waals surface area contributed by atoms with Crippen LogP contribution in [0.3, 0.4) is 0 Å². The van der Waals surface area contributed by atoms with Crippen molar-refractivity contribution >= 4 is 11.8 Å². The normalized spacial score (nSPS) is 8.08. The van der Waals surface area contributed by atoms with E-state index in [1.165, 1.54) is 17.3 Å². The smallest absolute Gasteiger partial charge is 0.133 e. The molecular weight excluding hydrogens is 180 g/mol. The van der Waals surface area contributed by atoms with Crippen molar-refractivity contribution in [3.63, 3.8) is 0 Å². The molecule has 0 heterocycles. The Bertz CT molecular complexity index is 241. The van der Waals surface area contributed by atoms with Crippen LogP contribution in [-0.4, -0.2) is 6.54 Å². The zero-order chi connectivity index (χ0) is 9.94. The van der Waals surface area contributed by atoms with Gasteiger partial charge in [0, 0.05) is 5.75 Å². The lowest BCUT2D eigenvalue weighted by molar-refractivity contribution is 1.14. The van der Waals surface area contributed by atoms with Gasteiger partial charge in [-0.05, 0) is 23.9 Å². The zero-order valence-electron chi connectivity index (χ0n) is 7.73. The molecule has 0 unspecified atom stereocenters. The minimum Gasteiger partial charge on any atom is -0.331 e. The standard InChI is InChI=1S/C8H7NS.C2H7N/c9-7-10-6-8-4-2-1-3-5-8;1-2-3/h1-5H,6H2;2-3H2,1H3. The van der Waals surface area contributed by atoms with Gasteiger partial charge in [-0.2, -0.15) is 5.26 Å². The molecule has 0 aliphatic carbocycles.